The van der Waals surface area contributed by atoms with Gasteiger partial charge in [-0.15, -0.1) is 0 Å². The van der Waals surface area contributed by atoms with Gasteiger partial charge in [-0.3, -0.25) is 0 Å². The second kappa shape index (κ2) is 4.77. The first kappa shape index (κ1) is 13.7. The zero-order valence-electron chi connectivity index (χ0n) is 9.59. The Labute approximate surface area is 111 Å². The van der Waals surface area contributed by atoms with E-state index in [2.05, 4.69) is 9.97 Å². The maximum absolute atomic E-state index is 13.4. The fourth-order valence-corrected chi connectivity index (χ4v) is 1.63. The first-order chi connectivity index (χ1) is 8.77. The minimum Gasteiger partial charge on any atom is -0.224 e. The molecule has 0 bridgehead atoms. The summed E-state index contributed by atoms with van der Waals surface area (Å²) in [7, 11) is 0. The third-order valence-corrected chi connectivity index (χ3v) is 2.61. The molecule has 0 amide bonds. The van der Waals surface area contributed by atoms with E-state index in [-0.39, 0.29) is 16.4 Å². The number of aromatic nitrogens is 2. The molecule has 19 heavy (non-hydrogen) atoms. The normalized spacial score (nSPS) is 11.7. The second-order valence-corrected chi connectivity index (χ2v) is 4.25. The van der Waals surface area contributed by atoms with Crippen molar-refractivity contribution in [2.75, 3.05) is 0 Å². The van der Waals surface area contributed by atoms with Crippen LogP contribution in [0.3, 0.4) is 0 Å². The molecule has 0 aliphatic heterocycles. The molecule has 100 valence electrons. The third kappa shape index (κ3) is 3.01. The molecule has 0 unspecified atom stereocenters. The number of hydrogen-bond acceptors (Lipinski definition) is 2. The Balaban J connectivity index is 2.56. The van der Waals surface area contributed by atoms with Crippen LogP contribution in [0.25, 0.3) is 11.3 Å². The summed E-state index contributed by atoms with van der Waals surface area (Å²) in [6.07, 6.45) is -4.71. The minimum atomic E-state index is -4.71. The molecule has 2 nitrogen and oxygen atoms in total. The number of aryl methyl sites for hydroxylation is 1. The second-order valence-electron chi connectivity index (χ2n) is 3.86. The monoisotopic (exact) mass is 290 g/mol. The van der Waals surface area contributed by atoms with Gasteiger partial charge in [0.05, 0.1) is 5.69 Å². The Kier molecular flexibility index (Phi) is 3.45. The quantitative estimate of drug-likeness (QED) is 0.579. The van der Waals surface area contributed by atoms with Crippen LogP contribution in [-0.2, 0) is 6.18 Å². The maximum Gasteiger partial charge on any atom is 0.451 e. The van der Waals surface area contributed by atoms with Crippen molar-refractivity contribution in [3.05, 3.63) is 46.6 Å². The number of halogens is 5. The number of benzene rings is 1. The molecule has 1 aromatic heterocycles. The molecular formula is C12H7ClF4N2. The van der Waals surface area contributed by atoms with Crippen molar-refractivity contribution in [1.82, 2.24) is 9.97 Å². The summed E-state index contributed by atoms with van der Waals surface area (Å²) < 4.78 is 51.0. The molecule has 0 atom stereocenters. The highest BCUT2D eigenvalue weighted by Gasteiger charge is 2.35. The fraction of sp³-hybridized carbons (Fsp3) is 0.167. The Morgan fingerprint density at radius 3 is 2.37 bits per heavy atom. The van der Waals surface area contributed by atoms with Crippen LogP contribution in [0.4, 0.5) is 17.6 Å². The van der Waals surface area contributed by atoms with Crippen LogP contribution in [0.5, 0.6) is 0 Å². The van der Waals surface area contributed by atoms with Gasteiger partial charge in [0.1, 0.15) is 11.0 Å². The lowest BCUT2D eigenvalue weighted by Gasteiger charge is -2.08. The van der Waals surface area contributed by atoms with E-state index < -0.39 is 17.8 Å². The van der Waals surface area contributed by atoms with Gasteiger partial charge in [0.15, 0.2) is 0 Å². The summed E-state index contributed by atoms with van der Waals surface area (Å²) in [6.45, 7) is 1.55. The van der Waals surface area contributed by atoms with Crippen molar-refractivity contribution >= 4 is 11.6 Å². The van der Waals surface area contributed by atoms with E-state index >= 15 is 0 Å². The molecule has 0 spiro atoms. The van der Waals surface area contributed by atoms with Crippen molar-refractivity contribution < 1.29 is 17.6 Å². The zero-order valence-corrected chi connectivity index (χ0v) is 10.3. The van der Waals surface area contributed by atoms with Gasteiger partial charge in [-0.2, -0.15) is 13.2 Å². The zero-order chi connectivity index (χ0) is 14.2. The van der Waals surface area contributed by atoms with Crippen molar-refractivity contribution in [3.63, 3.8) is 0 Å². The molecule has 0 saturated carbocycles. The third-order valence-electron chi connectivity index (χ3n) is 2.42. The lowest BCUT2D eigenvalue weighted by Crippen LogP contribution is -2.11. The molecule has 2 aromatic rings. The molecule has 0 fully saturated rings. The van der Waals surface area contributed by atoms with E-state index in [0.29, 0.717) is 5.56 Å². The van der Waals surface area contributed by atoms with E-state index in [1.54, 1.807) is 6.92 Å². The van der Waals surface area contributed by atoms with E-state index in [0.717, 1.165) is 12.1 Å². The summed E-state index contributed by atoms with van der Waals surface area (Å²) in [4.78, 5) is 6.46. The van der Waals surface area contributed by atoms with Crippen LogP contribution < -0.4 is 0 Å². The van der Waals surface area contributed by atoms with E-state index in [9.17, 15) is 17.6 Å². The van der Waals surface area contributed by atoms with Gasteiger partial charge in [-0.25, -0.2) is 14.4 Å². The Bertz CT molecular complexity index is 626. The predicted molar refractivity (Wildman–Crippen MR) is 62.2 cm³/mol. The molecule has 0 aliphatic carbocycles. The molecule has 1 heterocycles. The van der Waals surface area contributed by atoms with Crippen LogP contribution in [0.1, 0.15) is 11.4 Å². The van der Waals surface area contributed by atoms with Gasteiger partial charge < -0.3 is 0 Å². The summed E-state index contributed by atoms with van der Waals surface area (Å²) in [5.74, 6) is -1.88. The Hall–Kier alpha value is -1.69. The molecular weight excluding hydrogens is 284 g/mol. The highest BCUT2D eigenvalue weighted by Crippen LogP contribution is 2.30. The van der Waals surface area contributed by atoms with Crippen LogP contribution in [0.15, 0.2) is 24.3 Å². The average molecular weight is 291 g/mol. The van der Waals surface area contributed by atoms with Gasteiger partial charge in [0.25, 0.3) is 0 Å². The molecule has 2 rings (SSSR count). The molecule has 0 radical (unpaired) electrons. The lowest BCUT2D eigenvalue weighted by molar-refractivity contribution is -0.144. The first-order valence-electron chi connectivity index (χ1n) is 5.15. The van der Waals surface area contributed by atoms with Gasteiger partial charge in [-0.1, -0.05) is 23.7 Å². The minimum absolute atomic E-state index is 0.0776. The van der Waals surface area contributed by atoms with Crippen molar-refractivity contribution in [2.45, 2.75) is 13.1 Å². The Morgan fingerprint density at radius 1 is 1.11 bits per heavy atom. The first-order valence-corrected chi connectivity index (χ1v) is 5.53. The fourth-order valence-electron chi connectivity index (χ4n) is 1.44. The predicted octanol–water partition coefficient (Wildman–Crippen LogP) is 4.26. The standard InChI is InChI=1S/C12H7ClF4N2/c1-6-2-3-7(4-8(6)14)9-5-10(13)19-11(18-9)12(15,16)17/h2-5H,1H3. The van der Waals surface area contributed by atoms with Gasteiger partial charge in [0, 0.05) is 11.6 Å². The average Bonchev–Trinajstić information content (AvgIpc) is 2.31. The van der Waals surface area contributed by atoms with Crippen molar-refractivity contribution in [2.24, 2.45) is 0 Å². The van der Waals surface area contributed by atoms with E-state index in [4.69, 9.17) is 11.6 Å². The molecule has 0 saturated heterocycles. The molecule has 7 heteroatoms. The Morgan fingerprint density at radius 2 is 1.79 bits per heavy atom. The number of rotatable bonds is 1. The summed E-state index contributed by atoms with van der Waals surface area (Å²) in [5.41, 5.74) is 0.518. The lowest BCUT2D eigenvalue weighted by atomic mass is 10.1. The molecule has 0 N–H and O–H groups in total. The van der Waals surface area contributed by atoms with Crippen LogP contribution in [-0.4, -0.2) is 9.97 Å². The van der Waals surface area contributed by atoms with Gasteiger partial charge >= 0.3 is 6.18 Å². The maximum atomic E-state index is 13.4. The summed E-state index contributed by atoms with van der Waals surface area (Å²) in [6, 6.07) is 5.18. The van der Waals surface area contributed by atoms with Crippen LogP contribution >= 0.6 is 11.6 Å². The smallest absolute Gasteiger partial charge is 0.224 e. The number of alkyl halides is 3. The van der Waals surface area contributed by atoms with Gasteiger partial charge in [-0.05, 0) is 18.6 Å². The largest absolute Gasteiger partial charge is 0.451 e. The van der Waals surface area contributed by atoms with E-state index in [1.165, 1.54) is 12.1 Å². The topological polar surface area (TPSA) is 25.8 Å². The summed E-state index contributed by atoms with van der Waals surface area (Å²) >= 11 is 5.53. The summed E-state index contributed by atoms with van der Waals surface area (Å²) in [5, 5.41) is -0.349. The van der Waals surface area contributed by atoms with Crippen molar-refractivity contribution in [3.8, 4) is 11.3 Å². The number of nitrogens with zero attached hydrogens (tertiary/aromatic N) is 2. The molecule has 1 aromatic carbocycles. The van der Waals surface area contributed by atoms with Crippen LogP contribution in [0, 0.1) is 12.7 Å². The van der Waals surface area contributed by atoms with Gasteiger partial charge in [0.2, 0.25) is 5.82 Å². The molecule has 0 aliphatic rings. The number of hydrogen-bond donors (Lipinski definition) is 0. The highest BCUT2D eigenvalue weighted by molar-refractivity contribution is 6.29. The SMILES string of the molecule is Cc1ccc(-c2cc(Cl)nc(C(F)(F)F)n2)cc1F. The van der Waals surface area contributed by atoms with E-state index in [1.807, 2.05) is 0 Å². The van der Waals surface area contributed by atoms with Crippen molar-refractivity contribution in [1.29, 1.82) is 0 Å². The highest BCUT2D eigenvalue weighted by atomic mass is 35.5. The van der Waals surface area contributed by atoms with Crippen LogP contribution in [0.2, 0.25) is 5.15 Å².